The van der Waals surface area contributed by atoms with Crippen molar-refractivity contribution in [3.63, 3.8) is 0 Å². The third-order valence-electron chi connectivity index (χ3n) is 11.6. The minimum Gasteiger partial charge on any atom is -0.403 e. The van der Waals surface area contributed by atoms with Crippen LogP contribution in [-0.2, 0) is 23.4 Å². The lowest BCUT2D eigenvalue weighted by Crippen LogP contribution is -2.47. The zero-order valence-electron chi connectivity index (χ0n) is 39.8. The molecule has 17 nitrogen and oxygen atoms in total. The van der Waals surface area contributed by atoms with E-state index in [1.165, 1.54) is 24.3 Å². The maximum Gasteiger partial charge on any atom is 0.494 e. The minimum atomic E-state index is -0.854. The number of nitrogens with two attached hydrogens (primary N) is 1. The number of carbonyl (C=O) groups excluding carboxylic acids is 4. The first kappa shape index (κ1) is 49.6. The average Bonchev–Trinajstić information content (AvgIpc) is 3.49. The summed E-state index contributed by atoms with van der Waals surface area (Å²) in [7, 11) is -0.959. The lowest BCUT2D eigenvalue weighted by atomic mass is 9.76. The van der Waals surface area contributed by atoms with E-state index in [-0.39, 0.29) is 46.4 Å². The van der Waals surface area contributed by atoms with E-state index in [9.17, 15) is 39.4 Å². The summed E-state index contributed by atoms with van der Waals surface area (Å²) in [6.07, 6.45) is 0. The number of rotatable bonds is 7. The van der Waals surface area contributed by atoms with Gasteiger partial charge in [0.05, 0.1) is 43.4 Å². The Morgan fingerprint density at radius 3 is 1.55 bits per heavy atom. The van der Waals surface area contributed by atoms with Gasteiger partial charge in [0, 0.05) is 57.5 Å². The topological polar surface area (TPSA) is 230 Å². The van der Waals surface area contributed by atoms with E-state index in [0.717, 1.165) is 27.6 Å². The maximum absolute atomic E-state index is 13.4. The fourth-order valence-corrected chi connectivity index (χ4v) is 7.69. The molecule has 1 saturated heterocycles. The van der Waals surface area contributed by atoms with Crippen molar-refractivity contribution in [1.82, 2.24) is 0 Å². The highest BCUT2D eigenvalue weighted by Crippen LogP contribution is 2.38. The molecule has 6 aromatic carbocycles. The smallest absolute Gasteiger partial charge is 0.403 e. The fourth-order valence-electron chi connectivity index (χ4n) is 7.69. The highest BCUT2D eigenvalue weighted by atomic mass is 16.7. The summed E-state index contributed by atoms with van der Waals surface area (Å²) >= 11 is 0. The molecule has 354 valence electrons. The van der Waals surface area contributed by atoms with Gasteiger partial charge >= 0.3 is 26.2 Å². The largest absolute Gasteiger partial charge is 0.494 e. The monoisotopic (exact) mass is 936 g/mol. The number of amides is 2. The molecular formula is C50H50B2N4O13. The van der Waals surface area contributed by atoms with E-state index in [1.54, 1.807) is 54.6 Å². The zero-order chi connectivity index (χ0) is 50.5. The highest BCUT2D eigenvalue weighted by Gasteiger charge is 2.51. The molecule has 0 unspecified atom stereocenters. The van der Waals surface area contributed by atoms with Gasteiger partial charge in [0.15, 0.2) is 0 Å². The molecule has 19 heteroatoms. The van der Waals surface area contributed by atoms with E-state index in [4.69, 9.17) is 24.4 Å². The van der Waals surface area contributed by atoms with Crippen molar-refractivity contribution in [1.29, 1.82) is 0 Å². The lowest BCUT2D eigenvalue weighted by molar-refractivity contribution is -0.384. The Morgan fingerprint density at radius 2 is 1.06 bits per heavy atom. The Bertz CT molecular complexity index is 3040. The number of hydrogen-bond donors (Lipinski definition) is 1. The van der Waals surface area contributed by atoms with E-state index in [1.807, 2.05) is 93.5 Å². The number of imide groups is 1. The first-order valence-corrected chi connectivity index (χ1v) is 21.9. The standard InChI is InChI=1S/C26H27BN2O6.C12H18BNO2.C12H5NO5/c1-25(2,3)34-27(35-26(4,5)6)17-10-12-18(13-11-17)28-23(30)20-9-7-8-16-14-19(29(32)33)15-21(22(16)20)24(28)31;1-11(2)12(3,4)16-13(15-11)9-5-7-10(14)8-6-9;14-11-8-3-1-2-6-4-7(13(16)17)5-9(10(6)8)12(15)18-11/h7-15H,1-6H3;5-8H,14H2,1-4H3;1-5H. The number of carbonyl (C=O) groups is 4. The number of nitrogens with zero attached hydrogens (tertiary/aromatic N) is 3. The van der Waals surface area contributed by atoms with Crippen molar-refractivity contribution in [3.8, 4) is 0 Å². The van der Waals surface area contributed by atoms with Crippen LogP contribution in [-0.4, -0.2) is 70.2 Å². The Morgan fingerprint density at radius 1 is 0.609 bits per heavy atom. The molecule has 0 bridgehead atoms. The van der Waals surface area contributed by atoms with Crippen molar-refractivity contribution in [2.75, 3.05) is 10.6 Å². The molecule has 3 heterocycles. The van der Waals surface area contributed by atoms with Gasteiger partial charge < -0.3 is 29.1 Å². The van der Waals surface area contributed by atoms with Crippen LogP contribution in [0.25, 0.3) is 21.5 Å². The number of anilines is 2. The highest BCUT2D eigenvalue weighted by molar-refractivity contribution is 6.62. The molecule has 0 spiro atoms. The van der Waals surface area contributed by atoms with Gasteiger partial charge in [0.1, 0.15) is 0 Å². The molecule has 2 N–H and O–H groups in total. The molecule has 0 saturated carbocycles. The molecule has 0 atom stereocenters. The van der Waals surface area contributed by atoms with Crippen LogP contribution in [0.4, 0.5) is 22.7 Å². The van der Waals surface area contributed by atoms with Crippen molar-refractivity contribution in [2.24, 2.45) is 0 Å². The van der Waals surface area contributed by atoms with Gasteiger partial charge in [-0.15, -0.1) is 0 Å². The lowest BCUT2D eigenvalue weighted by Gasteiger charge is -2.32. The number of nitro benzene ring substituents is 2. The summed E-state index contributed by atoms with van der Waals surface area (Å²) in [5.41, 5.74) is 7.30. The number of esters is 2. The second-order valence-corrected chi connectivity index (χ2v) is 19.6. The SMILES string of the molecule is CC(C)(C)OB(OC(C)(C)C)c1ccc(N2C(=O)c3cccc4cc([N+](=O)[O-])cc(c34)C2=O)cc1.CC1(C)OB(c2ccc(N)cc2)OC1(C)C.O=C1OC(=O)c2cc([N+](=O)[O-])cc3cccc1c23. The Labute approximate surface area is 398 Å². The molecule has 6 aromatic rings. The molecule has 1 fully saturated rings. The Kier molecular flexibility index (Phi) is 13.2. The number of nitrogen functional groups attached to an aromatic ring is 1. The second kappa shape index (κ2) is 18.3. The zero-order valence-corrected chi connectivity index (χ0v) is 39.8. The Hall–Kier alpha value is -7.31. The average molecular weight is 937 g/mol. The summed E-state index contributed by atoms with van der Waals surface area (Å²) in [5, 5.41) is 24.0. The molecule has 2 amide bonds. The quantitative estimate of drug-likeness (QED) is 0.0301. The van der Waals surface area contributed by atoms with Crippen LogP contribution in [0.1, 0.15) is 111 Å². The van der Waals surface area contributed by atoms with E-state index in [2.05, 4.69) is 4.74 Å². The van der Waals surface area contributed by atoms with Gasteiger partial charge in [-0.2, -0.15) is 0 Å². The van der Waals surface area contributed by atoms with Gasteiger partial charge in [-0.05, 0) is 127 Å². The summed E-state index contributed by atoms with van der Waals surface area (Å²) < 4.78 is 28.6. The third kappa shape index (κ3) is 10.4. The van der Waals surface area contributed by atoms with Crippen LogP contribution in [0.3, 0.4) is 0 Å². The molecule has 69 heavy (non-hydrogen) atoms. The van der Waals surface area contributed by atoms with Gasteiger partial charge in [-0.25, -0.2) is 14.5 Å². The molecular weight excluding hydrogens is 886 g/mol. The Balaban J connectivity index is 0.000000172. The van der Waals surface area contributed by atoms with E-state index >= 15 is 0 Å². The van der Waals surface area contributed by atoms with Crippen LogP contribution in [0, 0.1) is 20.2 Å². The molecule has 3 aliphatic heterocycles. The van der Waals surface area contributed by atoms with E-state index < -0.39 is 51.9 Å². The number of nitro groups is 2. The fraction of sp³-hybridized carbons (Fsp3) is 0.280. The van der Waals surface area contributed by atoms with Crippen LogP contribution in [0.2, 0.25) is 0 Å². The van der Waals surface area contributed by atoms with Gasteiger partial charge in [-0.3, -0.25) is 29.8 Å². The van der Waals surface area contributed by atoms with Crippen LogP contribution >= 0.6 is 0 Å². The third-order valence-corrected chi connectivity index (χ3v) is 11.6. The molecule has 0 aliphatic carbocycles. The number of benzene rings is 6. The minimum absolute atomic E-state index is 0.0504. The van der Waals surface area contributed by atoms with Crippen molar-refractivity contribution >= 4 is 93.2 Å². The van der Waals surface area contributed by atoms with Crippen molar-refractivity contribution < 1.29 is 52.4 Å². The molecule has 0 radical (unpaired) electrons. The first-order chi connectivity index (χ1) is 32.1. The van der Waals surface area contributed by atoms with Crippen LogP contribution in [0.15, 0.2) is 109 Å². The second-order valence-electron chi connectivity index (χ2n) is 19.6. The van der Waals surface area contributed by atoms with E-state index in [0.29, 0.717) is 32.8 Å². The van der Waals surface area contributed by atoms with Gasteiger partial charge in [-0.1, -0.05) is 48.5 Å². The maximum atomic E-state index is 13.4. The summed E-state index contributed by atoms with van der Waals surface area (Å²) in [6.45, 7) is 19.8. The van der Waals surface area contributed by atoms with Crippen LogP contribution < -0.4 is 21.6 Å². The first-order valence-electron chi connectivity index (χ1n) is 21.9. The van der Waals surface area contributed by atoms with Gasteiger partial charge in [0.2, 0.25) is 0 Å². The molecule has 3 aliphatic rings. The summed E-state index contributed by atoms with van der Waals surface area (Å²) in [5.74, 6) is -2.67. The number of cyclic esters (lactones) is 2. The number of hydrogen-bond acceptors (Lipinski definition) is 14. The van der Waals surface area contributed by atoms with Crippen LogP contribution in [0.5, 0.6) is 0 Å². The molecule has 0 aromatic heterocycles. The van der Waals surface area contributed by atoms with Gasteiger partial charge in [0.25, 0.3) is 23.2 Å². The predicted molar refractivity (Wildman–Crippen MR) is 262 cm³/mol. The van der Waals surface area contributed by atoms with Crippen molar-refractivity contribution in [3.05, 3.63) is 152 Å². The summed E-state index contributed by atoms with van der Waals surface area (Å²) in [4.78, 5) is 72.0. The summed E-state index contributed by atoms with van der Waals surface area (Å²) in [6, 6.07) is 29.1. The normalized spacial score (nSPS) is 15.8. The number of ether oxygens (including phenoxy) is 1. The molecule has 9 rings (SSSR count). The number of non-ortho nitro benzene ring substituents is 2. The predicted octanol–water partition coefficient (Wildman–Crippen LogP) is 8.50. The van der Waals surface area contributed by atoms with Crippen molar-refractivity contribution in [2.45, 2.75) is 91.6 Å².